The first kappa shape index (κ1) is 9.34. The third-order valence-electron chi connectivity index (χ3n) is 1.84. The van der Waals surface area contributed by atoms with Crippen molar-refractivity contribution < 1.29 is 0 Å². The fraction of sp³-hybridized carbons (Fsp3) is 0.625. The average molecular weight is 177 g/mol. The Bertz CT molecular complexity index is 269. The first-order valence-electron chi connectivity index (χ1n) is 4.21. The third-order valence-corrected chi connectivity index (χ3v) is 1.84. The first-order valence-corrected chi connectivity index (χ1v) is 4.21. The zero-order chi connectivity index (χ0) is 9.52. The molecule has 0 aromatic heterocycles. The van der Waals surface area contributed by atoms with Crippen molar-refractivity contribution in [3.63, 3.8) is 0 Å². The number of unbranched alkanes of at least 4 members (excludes halogenated alkanes) is 1. The van der Waals surface area contributed by atoms with Crippen LogP contribution < -0.4 is 5.32 Å². The van der Waals surface area contributed by atoms with Crippen molar-refractivity contribution >= 4 is 5.96 Å². The van der Waals surface area contributed by atoms with Crippen molar-refractivity contribution in [3.05, 3.63) is 0 Å². The van der Waals surface area contributed by atoms with Gasteiger partial charge in [-0.25, -0.2) is 0 Å². The van der Waals surface area contributed by atoms with Gasteiger partial charge in [-0.2, -0.15) is 10.5 Å². The fourth-order valence-electron chi connectivity index (χ4n) is 1.24. The highest BCUT2D eigenvalue weighted by molar-refractivity contribution is 5.82. The maximum absolute atomic E-state index is 8.36. The van der Waals surface area contributed by atoms with E-state index in [0.717, 1.165) is 26.1 Å². The lowest BCUT2D eigenvalue weighted by atomic mass is 10.3. The summed E-state index contributed by atoms with van der Waals surface area (Å²) in [6.45, 7) is 2.49. The second kappa shape index (κ2) is 5.00. The van der Waals surface area contributed by atoms with Crippen molar-refractivity contribution in [2.45, 2.75) is 12.8 Å². The van der Waals surface area contributed by atoms with Gasteiger partial charge in [0.2, 0.25) is 12.2 Å². The molecule has 1 rings (SSSR count). The van der Waals surface area contributed by atoms with Gasteiger partial charge in [0.25, 0.3) is 0 Å². The Kier molecular flexibility index (Phi) is 3.59. The molecule has 0 amide bonds. The van der Waals surface area contributed by atoms with E-state index in [1.807, 2.05) is 4.90 Å². The van der Waals surface area contributed by atoms with Gasteiger partial charge in [-0.1, -0.05) is 0 Å². The van der Waals surface area contributed by atoms with E-state index in [1.54, 1.807) is 6.19 Å². The molecule has 0 bridgehead atoms. The molecule has 0 aromatic carbocycles. The maximum atomic E-state index is 8.36. The first-order chi connectivity index (χ1) is 6.38. The summed E-state index contributed by atoms with van der Waals surface area (Å²) in [5, 5.41) is 19.7. The van der Waals surface area contributed by atoms with Crippen molar-refractivity contribution in [1.29, 1.82) is 10.5 Å². The molecule has 1 N–H and O–H groups in total. The molecule has 1 heterocycles. The molecule has 0 aromatic rings. The topological polar surface area (TPSA) is 75.2 Å². The third kappa shape index (κ3) is 2.64. The van der Waals surface area contributed by atoms with Gasteiger partial charge in [-0.05, 0) is 6.42 Å². The molecule has 5 nitrogen and oxygen atoms in total. The van der Waals surface area contributed by atoms with E-state index < -0.39 is 0 Å². The highest BCUT2D eigenvalue weighted by Crippen LogP contribution is 2.00. The monoisotopic (exact) mass is 177 g/mol. The molecule has 13 heavy (non-hydrogen) atoms. The highest BCUT2D eigenvalue weighted by atomic mass is 15.3. The molecule has 1 aliphatic heterocycles. The van der Waals surface area contributed by atoms with Crippen molar-refractivity contribution in [1.82, 2.24) is 10.2 Å². The average Bonchev–Trinajstić information content (AvgIpc) is 2.54. The van der Waals surface area contributed by atoms with Crippen LogP contribution >= 0.6 is 0 Å². The van der Waals surface area contributed by atoms with Gasteiger partial charge in [0.1, 0.15) is 0 Å². The standard InChI is InChI=1S/C8H11N5/c9-3-1-2-5-13-6-4-11-8(13)12-7-10/h1-2,4-6H2,(H,11,12). The summed E-state index contributed by atoms with van der Waals surface area (Å²) in [6.07, 6.45) is 3.12. The van der Waals surface area contributed by atoms with Crippen LogP contribution in [0.3, 0.4) is 0 Å². The van der Waals surface area contributed by atoms with Gasteiger partial charge >= 0.3 is 0 Å². The Morgan fingerprint density at radius 1 is 1.54 bits per heavy atom. The largest absolute Gasteiger partial charge is 0.354 e. The van der Waals surface area contributed by atoms with Crippen LogP contribution in [0.4, 0.5) is 0 Å². The second-order valence-electron chi connectivity index (χ2n) is 2.71. The Hall–Kier alpha value is -1.75. The Balaban J connectivity index is 2.37. The number of rotatable bonds is 3. The molecule has 5 heteroatoms. The minimum Gasteiger partial charge on any atom is -0.354 e. The molecule has 0 unspecified atom stereocenters. The SMILES string of the molecule is N#CCCCN1CCN/C1=N\C#N. The summed E-state index contributed by atoms with van der Waals surface area (Å²) >= 11 is 0. The van der Waals surface area contributed by atoms with Crippen LogP contribution in [0.25, 0.3) is 0 Å². The molecular weight excluding hydrogens is 166 g/mol. The zero-order valence-corrected chi connectivity index (χ0v) is 7.32. The van der Waals surface area contributed by atoms with Crippen LogP contribution in [0.15, 0.2) is 4.99 Å². The number of hydrogen-bond acceptors (Lipinski definition) is 3. The van der Waals surface area contributed by atoms with Crippen LogP contribution in [-0.2, 0) is 0 Å². The number of nitrogens with one attached hydrogen (secondary N) is 1. The van der Waals surface area contributed by atoms with Gasteiger partial charge < -0.3 is 10.2 Å². The van der Waals surface area contributed by atoms with E-state index in [0.29, 0.717) is 12.4 Å². The van der Waals surface area contributed by atoms with E-state index in [-0.39, 0.29) is 0 Å². The van der Waals surface area contributed by atoms with Crippen LogP contribution in [0.1, 0.15) is 12.8 Å². The Morgan fingerprint density at radius 2 is 2.38 bits per heavy atom. The van der Waals surface area contributed by atoms with Crippen molar-refractivity contribution in [2.75, 3.05) is 19.6 Å². The number of hydrogen-bond donors (Lipinski definition) is 1. The van der Waals surface area contributed by atoms with Crippen molar-refractivity contribution in [2.24, 2.45) is 4.99 Å². The summed E-state index contributed by atoms with van der Waals surface area (Å²) in [7, 11) is 0. The van der Waals surface area contributed by atoms with E-state index >= 15 is 0 Å². The summed E-state index contributed by atoms with van der Waals surface area (Å²) in [6, 6.07) is 2.09. The lowest BCUT2D eigenvalue weighted by Gasteiger charge is -2.14. The molecule has 0 aliphatic carbocycles. The summed E-state index contributed by atoms with van der Waals surface area (Å²) < 4.78 is 0. The number of guanidine groups is 1. The minimum atomic E-state index is 0.552. The summed E-state index contributed by atoms with van der Waals surface area (Å²) in [5.74, 6) is 0.639. The Labute approximate surface area is 77.3 Å². The van der Waals surface area contributed by atoms with Crippen molar-refractivity contribution in [3.8, 4) is 12.3 Å². The molecule has 1 fully saturated rings. The summed E-state index contributed by atoms with van der Waals surface area (Å²) in [4.78, 5) is 5.62. The predicted octanol–water partition coefficient (Wildman–Crippen LogP) is 0.0325. The predicted molar refractivity (Wildman–Crippen MR) is 47.5 cm³/mol. The van der Waals surface area contributed by atoms with Crippen LogP contribution in [0.5, 0.6) is 0 Å². The van der Waals surface area contributed by atoms with Gasteiger partial charge in [-0.3, -0.25) is 0 Å². The lowest BCUT2D eigenvalue weighted by molar-refractivity contribution is 0.453. The molecule has 1 aliphatic rings. The molecule has 1 saturated heterocycles. The van der Waals surface area contributed by atoms with E-state index in [9.17, 15) is 0 Å². The highest BCUT2D eigenvalue weighted by Gasteiger charge is 2.16. The van der Waals surface area contributed by atoms with E-state index in [4.69, 9.17) is 10.5 Å². The molecular formula is C8H11N5. The number of nitriles is 2. The summed E-state index contributed by atoms with van der Waals surface area (Å²) in [5.41, 5.74) is 0. The molecule has 0 spiro atoms. The van der Waals surface area contributed by atoms with Crippen LogP contribution in [0, 0.1) is 22.8 Å². The number of aliphatic imine (C=N–C) groups is 1. The van der Waals surface area contributed by atoms with Gasteiger partial charge in [0, 0.05) is 26.1 Å². The van der Waals surface area contributed by atoms with E-state index in [1.165, 1.54) is 0 Å². The Morgan fingerprint density at radius 3 is 3.08 bits per heavy atom. The molecule has 68 valence electrons. The van der Waals surface area contributed by atoms with Gasteiger partial charge in [0.05, 0.1) is 6.07 Å². The zero-order valence-electron chi connectivity index (χ0n) is 7.32. The van der Waals surface area contributed by atoms with Gasteiger partial charge in [-0.15, -0.1) is 4.99 Å². The normalized spacial score (nSPS) is 18.0. The van der Waals surface area contributed by atoms with Crippen LogP contribution in [0.2, 0.25) is 0 Å². The second-order valence-corrected chi connectivity index (χ2v) is 2.71. The fourth-order valence-corrected chi connectivity index (χ4v) is 1.24. The maximum Gasteiger partial charge on any atom is 0.210 e. The lowest BCUT2D eigenvalue weighted by Crippen LogP contribution is -2.30. The quantitative estimate of drug-likeness (QED) is 0.487. The minimum absolute atomic E-state index is 0.552. The smallest absolute Gasteiger partial charge is 0.210 e. The molecule has 0 radical (unpaired) electrons. The molecule has 0 atom stereocenters. The van der Waals surface area contributed by atoms with E-state index in [2.05, 4.69) is 16.4 Å². The number of nitrogens with zero attached hydrogens (tertiary/aromatic N) is 4. The molecule has 0 saturated carbocycles. The van der Waals surface area contributed by atoms with Crippen LogP contribution in [-0.4, -0.2) is 30.5 Å². The van der Waals surface area contributed by atoms with Gasteiger partial charge in [0.15, 0.2) is 0 Å².